The minimum absolute atomic E-state index is 0.263. The highest BCUT2D eigenvalue weighted by Crippen LogP contribution is 2.43. The second kappa shape index (κ2) is 7.81. The van der Waals surface area contributed by atoms with Gasteiger partial charge in [-0.1, -0.05) is 18.2 Å². The number of ether oxygens (including phenoxy) is 1. The molecule has 1 aliphatic heterocycles. The Balaban J connectivity index is 1.45. The van der Waals surface area contributed by atoms with Gasteiger partial charge in [-0.15, -0.1) is 0 Å². The molecular formula is C28H21F2N3O. The number of fused-ring (bicyclic) bond motifs is 3. The van der Waals surface area contributed by atoms with E-state index >= 15 is 0 Å². The van der Waals surface area contributed by atoms with Crippen LogP contribution in [0.15, 0.2) is 60.3 Å². The van der Waals surface area contributed by atoms with Crippen molar-refractivity contribution in [1.29, 1.82) is 5.26 Å². The lowest BCUT2D eigenvalue weighted by Crippen LogP contribution is -2.02. The molecule has 2 aromatic carbocycles. The molecule has 0 radical (unpaired) electrons. The number of rotatable bonds is 3. The average Bonchev–Trinajstić information content (AvgIpc) is 3.64. The summed E-state index contributed by atoms with van der Waals surface area (Å²) in [6.45, 7) is 2.03. The van der Waals surface area contributed by atoms with Crippen molar-refractivity contribution in [2.45, 2.75) is 38.7 Å². The van der Waals surface area contributed by atoms with Crippen molar-refractivity contribution < 1.29 is 13.5 Å². The van der Waals surface area contributed by atoms with Crippen LogP contribution in [0.3, 0.4) is 0 Å². The Kier molecular flexibility index (Phi) is 4.73. The topological polar surface area (TPSA) is 50.3 Å². The van der Waals surface area contributed by atoms with E-state index in [1.165, 1.54) is 24.4 Å². The van der Waals surface area contributed by atoms with Gasteiger partial charge in [0.15, 0.2) is 0 Å². The molecule has 1 saturated carbocycles. The van der Waals surface area contributed by atoms with E-state index in [1.807, 2.05) is 16.5 Å². The van der Waals surface area contributed by atoms with Gasteiger partial charge in [0, 0.05) is 41.3 Å². The number of nitriles is 1. The first-order chi connectivity index (χ1) is 16.5. The normalized spacial score (nSPS) is 16.3. The summed E-state index contributed by atoms with van der Waals surface area (Å²) in [7, 11) is 0. The number of aromatic nitrogens is 2. The molecule has 0 N–H and O–H groups in total. The van der Waals surface area contributed by atoms with E-state index in [4.69, 9.17) is 9.72 Å². The third-order valence-corrected chi connectivity index (χ3v) is 6.63. The van der Waals surface area contributed by atoms with Crippen LogP contribution in [0.1, 0.15) is 59.3 Å². The first kappa shape index (κ1) is 20.6. The zero-order chi connectivity index (χ0) is 23.4. The van der Waals surface area contributed by atoms with Crippen LogP contribution in [0, 0.1) is 23.0 Å². The molecule has 168 valence electrons. The maximum Gasteiger partial charge on any atom is 0.139 e. The molecule has 1 aliphatic carbocycles. The molecule has 0 saturated heterocycles. The summed E-state index contributed by atoms with van der Waals surface area (Å²) < 4.78 is 35.8. The van der Waals surface area contributed by atoms with E-state index < -0.39 is 0 Å². The SMILES string of the molecule is C/C(C#N)=C1\c2ccc(Cc3c(C4CC4)nc4ccc(F)cn34)cc2COc2cc(F)ccc21. The van der Waals surface area contributed by atoms with Crippen LogP contribution in [-0.4, -0.2) is 9.38 Å². The van der Waals surface area contributed by atoms with E-state index in [1.54, 1.807) is 19.1 Å². The zero-order valence-corrected chi connectivity index (χ0v) is 18.6. The smallest absolute Gasteiger partial charge is 0.139 e. The van der Waals surface area contributed by atoms with Gasteiger partial charge in [-0.2, -0.15) is 5.26 Å². The molecule has 0 spiro atoms. The van der Waals surface area contributed by atoms with Gasteiger partial charge >= 0.3 is 0 Å². The largest absolute Gasteiger partial charge is 0.488 e. The Labute approximate surface area is 195 Å². The van der Waals surface area contributed by atoms with Crippen molar-refractivity contribution in [3.05, 3.63) is 106 Å². The number of hydrogen-bond acceptors (Lipinski definition) is 3. The van der Waals surface area contributed by atoms with Crippen molar-refractivity contribution in [2.75, 3.05) is 0 Å². The van der Waals surface area contributed by atoms with Crippen molar-refractivity contribution in [3.63, 3.8) is 0 Å². The van der Waals surface area contributed by atoms with Crippen LogP contribution in [0.2, 0.25) is 0 Å². The van der Waals surface area contributed by atoms with Crippen molar-refractivity contribution in [1.82, 2.24) is 9.38 Å². The lowest BCUT2D eigenvalue weighted by Gasteiger charge is -2.13. The fourth-order valence-electron chi connectivity index (χ4n) is 4.84. The first-order valence-electron chi connectivity index (χ1n) is 11.3. The van der Waals surface area contributed by atoms with Crippen molar-refractivity contribution >= 4 is 11.2 Å². The van der Waals surface area contributed by atoms with E-state index in [0.717, 1.165) is 52.1 Å². The van der Waals surface area contributed by atoms with E-state index in [-0.39, 0.29) is 18.2 Å². The van der Waals surface area contributed by atoms with E-state index in [9.17, 15) is 14.0 Å². The van der Waals surface area contributed by atoms with Gasteiger partial charge in [-0.05, 0) is 60.7 Å². The Bertz CT molecular complexity index is 1540. The molecule has 2 aliphatic rings. The molecule has 0 amide bonds. The molecule has 4 nitrogen and oxygen atoms in total. The zero-order valence-electron chi connectivity index (χ0n) is 18.6. The van der Waals surface area contributed by atoms with Crippen molar-refractivity contribution in [3.8, 4) is 11.8 Å². The van der Waals surface area contributed by atoms with Gasteiger partial charge in [0.2, 0.25) is 0 Å². The van der Waals surface area contributed by atoms with Gasteiger partial charge in [0.25, 0.3) is 0 Å². The minimum atomic E-state index is -0.383. The molecule has 34 heavy (non-hydrogen) atoms. The number of nitrogens with zero attached hydrogens (tertiary/aromatic N) is 3. The number of hydrogen-bond donors (Lipinski definition) is 0. The highest BCUT2D eigenvalue weighted by atomic mass is 19.1. The predicted octanol–water partition coefficient (Wildman–Crippen LogP) is 6.32. The molecule has 0 unspecified atom stereocenters. The Morgan fingerprint density at radius 1 is 1.09 bits per heavy atom. The fourth-order valence-corrected chi connectivity index (χ4v) is 4.84. The number of allylic oxidation sites excluding steroid dienone is 1. The maximum absolute atomic E-state index is 14.0. The third-order valence-electron chi connectivity index (χ3n) is 6.63. The van der Waals surface area contributed by atoms with Crippen LogP contribution >= 0.6 is 0 Å². The van der Waals surface area contributed by atoms with Gasteiger partial charge < -0.3 is 9.14 Å². The molecule has 2 aromatic heterocycles. The number of halogens is 2. The van der Waals surface area contributed by atoms with Crippen molar-refractivity contribution in [2.24, 2.45) is 0 Å². The lowest BCUT2D eigenvalue weighted by molar-refractivity contribution is 0.305. The first-order valence-corrected chi connectivity index (χ1v) is 11.3. The Hall–Kier alpha value is -3.98. The highest BCUT2D eigenvalue weighted by Gasteiger charge is 2.30. The summed E-state index contributed by atoms with van der Waals surface area (Å²) in [4.78, 5) is 4.79. The highest BCUT2D eigenvalue weighted by molar-refractivity contribution is 5.88. The number of benzene rings is 2. The fraction of sp³-hybridized carbons (Fsp3) is 0.214. The standard InChI is InChI=1S/C28H21F2N3O/c1-16(13-31)27-22-7-2-17(10-19(22)15-34-25-12-20(29)5-8-23(25)27)11-24-28(18-3-4-18)32-26-9-6-21(30)14-33(24)26/h2,5-10,12,14,18H,3-4,11,15H2,1H3/b27-16-. The van der Waals surface area contributed by atoms with Gasteiger partial charge in [-0.25, -0.2) is 13.8 Å². The molecule has 6 heteroatoms. The third kappa shape index (κ3) is 3.45. The van der Waals surface area contributed by atoms with E-state index in [2.05, 4.69) is 12.1 Å². The lowest BCUT2D eigenvalue weighted by atomic mass is 9.89. The van der Waals surface area contributed by atoms with Gasteiger partial charge in [-0.3, -0.25) is 0 Å². The second-order valence-electron chi connectivity index (χ2n) is 9.00. The molecular weight excluding hydrogens is 432 g/mol. The summed E-state index contributed by atoms with van der Waals surface area (Å²) in [5.41, 5.74) is 7.67. The number of imidazole rings is 1. The van der Waals surface area contributed by atoms with Crippen LogP contribution in [0.5, 0.6) is 5.75 Å². The summed E-state index contributed by atoms with van der Waals surface area (Å²) in [5.74, 6) is 0.178. The maximum atomic E-state index is 14.0. The summed E-state index contributed by atoms with van der Waals surface area (Å²) in [5, 5.41) is 9.66. The molecule has 3 heterocycles. The Morgan fingerprint density at radius 2 is 1.88 bits per heavy atom. The Morgan fingerprint density at radius 3 is 2.68 bits per heavy atom. The quantitative estimate of drug-likeness (QED) is 0.341. The molecule has 4 aromatic rings. The summed E-state index contributed by atoms with van der Waals surface area (Å²) in [6, 6.07) is 15.9. The number of pyridine rings is 1. The molecule has 6 rings (SSSR count). The monoisotopic (exact) mass is 453 g/mol. The van der Waals surface area contributed by atoms with Crippen LogP contribution in [0.4, 0.5) is 8.78 Å². The minimum Gasteiger partial charge on any atom is -0.488 e. The summed E-state index contributed by atoms with van der Waals surface area (Å²) in [6.07, 6.45) is 4.31. The van der Waals surface area contributed by atoms with Crippen LogP contribution < -0.4 is 4.74 Å². The van der Waals surface area contributed by atoms with Crippen LogP contribution in [-0.2, 0) is 13.0 Å². The molecule has 0 bridgehead atoms. The van der Waals surface area contributed by atoms with Gasteiger partial charge in [0.05, 0.1) is 17.5 Å². The summed E-state index contributed by atoms with van der Waals surface area (Å²) >= 11 is 0. The second-order valence-corrected chi connectivity index (χ2v) is 9.00. The average molecular weight is 453 g/mol. The van der Waals surface area contributed by atoms with Gasteiger partial charge in [0.1, 0.15) is 29.6 Å². The van der Waals surface area contributed by atoms with Crippen LogP contribution in [0.25, 0.3) is 11.2 Å². The van der Waals surface area contributed by atoms with E-state index in [0.29, 0.717) is 29.2 Å². The molecule has 1 fully saturated rings. The molecule has 0 atom stereocenters. The predicted molar refractivity (Wildman–Crippen MR) is 124 cm³/mol.